The summed E-state index contributed by atoms with van der Waals surface area (Å²) in [4.78, 5) is 23.3. The molecule has 1 N–H and O–H groups in total. The van der Waals surface area contributed by atoms with Crippen LogP contribution in [-0.4, -0.2) is 16.9 Å². The second-order valence-corrected chi connectivity index (χ2v) is 10.9. The number of fused-ring (bicyclic) bond motifs is 5. The van der Waals surface area contributed by atoms with Gasteiger partial charge in [-0.25, -0.2) is 0 Å². The van der Waals surface area contributed by atoms with Gasteiger partial charge in [0.05, 0.1) is 0 Å². The smallest absolute Gasteiger partial charge is 0.303 e. The van der Waals surface area contributed by atoms with E-state index in [1.807, 2.05) is 6.08 Å². The second kappa shape index (κ2) is 7.39. The van der Waals surface area contributed by atoms with E-state index in [1.54, 1.807) is 0 Å². The van der Waals surface area contributed by atoms with E-state index in [2.05, 4.69) is 33.8 Å². The third-order valence-corrected chi connectivity index (χ3v) is 9.66. The molecule has 160 valence electrons. The summed E-state index contributed by atoms with van der Waals surface area (Å²) >= 11 is 0. The molecule has 0 aromatic carbocycles. The molecule has 4 unspecified atom stereocenters. The highest BCUT2D eigenvalue weighted by Crippen LogP contribution is 2.67. The molecule has 4 rings (SSSR count). The molecule has 0 aromatic heterocycles. The van der Waals surface area contributed by atoms with Gasteiger partial charge >= 0.3 is 5.97 Å². The molecule has 4 aliphatic rings. The number of aliphatic carboxylic acids is 1. The molecule has 0 spiro atoms. The Morgan fingerprint density at radius 3 is 2.66 bits per heavy atom. The number of allylic oxidation sites excluding steroid dienone is 4. The fourth-order valence-corrected chi connectivity index (χ4v) is 8.09. The molecule has 3 nitrogen and oxygen atoms in total. The van der Waals surface area contributed by atoms with Gasteiger partial charge in [0.25, 0.3) is 0 Å². The van der Waals surface area contributed by atoms with Crippen molar-refractivity contribution in [1.29, 1.82) is 0 Å². The van der Waals surface area contributed by atoms with Crippen molar-refractivity contribution >= 4 is 11.8 Å². The minimum absolute atomic E-state index is 0.160. The van der Waals surface area contributed by atoms with Crippen LogP contribution in [0.15, 0.2) is 23.3 Å². The van der Waals surface area contributed by atoms with Crippen LogP contribution in [0.5, 0.6) is 0 Å². The van der Waals surface area contributed by atoms with E-state index in [-0.39, 0.29) is 5.41 Å². The third kappa shape index (κ3) is 3.24. The lowest BCUT2D eigenvalue weighted by atomic mass is 9.47. The van der Waals surface area contributed by atoms with Crippen LogP contribution in [-0.2, 0) is 9.59 Å². The number of carbonyl (C=O) groups is 2. The largest absolute Gasteiger partial charge is 0.481 e. The minimum atomic E-state index is -0.665. The van der Waals surface area contributed by atoms with Crippen molar-refractivity contribution in [3.05, 3.63) is 23.3 Å². The van der Waals surface area contributed by atoms with Crippen molar-refractivity contribution in [3.63, 3.8) is 0 Å². The summed E-state index contributed by atoms with van der Waals surface area (Å²) in [5.74, 6) is 2.75. The van der Waals surface area contributed by atoms with E-state index in [0.717, 1.165) is 19.3 Å². The first-order valence-electron chi connectivity index (χ1n) is 11.9. The number of carboxylic acids is 1. The average molecular weight is 399 g/mol. The third-order valence-electron chi connectivity index (χ3n) is 9.66. The molecule has 0 amide bonds. The number of rotatable bonds is 5. The van der Waals surface area contributed by atoms with Gasteiger partial charge in [-0.15, -0.1) is 0 Å². The van der Waals surface area contributed by atoms with Crippen LogP contribution in [0.2, 0.25) is 0 Å². The lowest BCUT2D eigenvalue weighted by Gasteiger charge is -2.57. The van der Waals surface area contributed by atoms with Crippen LogP contribution in [0.1, 0.15) is 85.5 Å². The molecule has 7 atom stereocenters. The quantitative estimate of drug-likeness (QED) is 0.600. The minimum Gasteiger partial charge on any atom is -0.481 e. The zero-order chi connectivity index (χ0) is 21.0. The van der Waals surface area contributed by atoms with Crippen LogP contribution in [0.25, 0.3) is 0 Å². The van der Waals surface area contributed by atoms with Crippen LogP contribution < -0.4 is 0 Å². The standard InChI is InChI=1S/C26H38O3/c1-5-17-14-19-21-8-7-20(16(2)6-9-24(28)29)25(21,3)13-11-22(19)26(4)12-10-18(27)15-23(17)26/h14-16,19-22H,5-13H2,1-4H3,(H,28,29)/t16-,19?,20?,21?,22?,25-,26-/m1/s1. The zero-order valence-electron chi connectivity index (χ0n) is 18.7. The van der Waals surface area contributed by atoms with Crippen molar-refractivity contribution in [3.8, 4) is 0 Å². The maximum Gasteiger partial charge on any atom is 0.303 e. The molecule has 2 fully saturated rings. The number of carboxylic acid groups (broad SMARTS) is 1. The highest BCUT2D eigenvalue weighted by atomic mass is 16.4. The summed E-state index contributed by atoms with van der Waals surface area (Å²) in [6, 6.07) is 0. The maximum absolute atomic E-state index is 12.2. The van der Waals surface area contributed by atoms with E-state index < -0.39 is 5.97 Å². The Kier molecular flexibility index (Phi) is 5.32. The van der Waals surface area contributed by atoms with Crippen LogP contribution in [0, 0.1) is 40.4 Å². The Balaban J connectivity index is 1.65. The van der Waals surface area contributed by atoms with Crippen molar-refractivity contribution < 1.29 is 14.7 Å². The molecule has 0 saturated heterocycles. The van der Waals surface area contributed by atoms with Crippen molar-refractivity contribution in [2.24, 2.45) is 40.4 Å². The summed E-state index contributed by atoms with van der Waals surface area (Å²) in [6.45, 7) is 9.48. The topological polar surface area (TPSA) is 54.4 Å². The van der Waals surface area contributed by atoms with Crippen LogP contribution in [0.3, 0.4) is 0 Å². The first-order valence-corrected chi connectivity index (χ1v) is 11.9. The molecule has 29 heavy (non-hydrogen) atoms. The van der Waals surface area contributed by atoms with Crippen LogP contribution >= 0.6 is 0 Å². The molecular formula is C26H38O3. The number of carbonyl (C=O) groups excluding carboxylic acids is 1. The Labute approximate surface area is 176 Å². The van der Waals surface area contributed by atoms with E-state index in [1.165, 1.54) is 36.8 Å². The van der Waals surface area contributed by atoms with Gasteiger partial charge < -0.3 is 5.11 Å². The summed E-state index contributed by atoms with van der Waals surface area (Å²) in [5, 5.41) is 9.13. The molecule has 4 aliphatic carbocycles. The predicted molar refractivity (Wildman–Crippen MR) is 115 cm³/mol. The van der Waals surface area contributed by atoms with E-state index in [0.29, 0.717) is 53.6 Å². The summed E-state index contributed by atoms with van der Waals surface area (Å²) in [5.41, 5.74) is 3.27. The Morgan fingerprint density at radius 1 is 1.21 bits per heavy atom. The lowest BCUT2D eigenvalue weighted by molar-refractivity contribution is -0.137. The predicted octanol–water partition coefficient (Wildman–Crippen LogP) is 6.19. The summed E-state index contributed by atoms with van der Waals surface area (Å²) < 4.78 is 0. The highest BCUT2D eigenvalue weighted by Gasteiger charge is 2.59. The lowest BCUT2D eigenvalue weighted by Crippen LogP contribution is -2.50. The average Bonchev–Trinajstić information content (AvgIpc) is 3.03. The first-order chi connectivity index (χ1) is 13.7. The van der Waals surface area contributed by atoms with Crippen molar-refractivity contribution in [1.82, 2.24) is 0 Å². The van der Waals surface area contributed by atoms with Crippen LogP contribution in [0.4, 0.5) is 0 Å². The van der Waals surface area contributed by atoms with E-state index in [4.69, 9.17) is 5.11 Å². The van der Waals surface area contributed by atoms with Gasteiger partial charge in [-0.3, -0.25) is 9.59 Å². The molecule has 0 bridgehead atoms. The Morgan fingerprint density at radius 2 is 1.97 bits per heavy atom. The number of hydrogen-bond acceptors (Lipinski definition) is 2. The van der Waals surface area contributed by atoms with Gasteiger partial charge in [0, 0.05) is 12.8 Å². The molecule has 0 radical (unpaired) electrons. The normalized spacial score (nSPS) is 42.3. The molecular weight excluding hydrogens is 360 g/mol. The molecule has 0 heterocycles. The Hall–Kier alpha value is -1.38. The Bertz CT molecular complexity index is 762. The maximum atomic E-state index is 12.2. The van der Waals surface area contributed by atoms with Gasteiger partial charge in [0.2, 0.25) is 0 Å². The highest BCUT2D eigenvalue weighted by molar-refractivity contribution is 5.92. The van der Waals surface area contributed by atoms with Gasteiger partial charge in [-0.1, -0.05) is 33.8 Å². The monoisotopic (exact) mass is 398 g/mol. The van der Waals surface area contributed by atoms with Gasteiger partial charge in [-0.05, 0) is 103 Å². The van der Waals surface area contributed by atoms with Crippen molar-refractivity contribution in [2.75, 3.05) is 0 Å². The SMILES string of the molecule is CCC1=CC2C3CCC([C@H](C)CCC(=O)O)[C@@]3(C)CCC2[C@@]2(C)CCC(=O)C=C12. The van der Waals surface area contributed by atoms with E-state index in [9.17, 15) is 9.59 Å². The van der Waals surface area contributed by atoms with Gasteiger partial charge in [0.15, 0.2) is 5.78 Å². The summed E-state index contributed by atoms with van der Waals surface area (Å²) in [7, 11) is 0. The fourth-order valence-electron chi connectivity index (χ4n) is 8.09. The molecule has 2 saturated carbocycles. The second-order valence-electron chi connectivity index (χ2n) is 10.9. The molecule has 0 aromatic rings. The van der Waals surface area contributed by atoms with E-state index >= 15 is 0 Å². The summed E-state index contributed by atoms with van der Waals surface area (Å²) in [6.07, 6.45) is 13.4. The van der Waals surface area contributed by atoms with Gasteiger partial charge in [-0.2, -0.15) is 0 Å². The molecule has 3 heteroatoms. The van der Waals surface area contributed by atoms with Gasteiger partial charge in [0.1, 0.15) is 0 Å². The fraction of sp³-hybridized carbons (Fsp3) is 0.769. The number of hydrogen-bond donors (Lipinski definition) is 1. The van der Waals surface area contributed by atoms with Crippen molar-refractivity contribution in [2.45, 2.75) is 85.5 Å². The zero-order valence-corrected chi connectivity index (χ0v) is 18.7. The molecule has 0 aliphatic heterocycles. The number of ketones is 1. The first kappa shape index (κ1) is 20.9.